The van der Waals surface area contributed by atoms with Crippen LogP contribution in [0.25, 0.3) is 0 Å². The van der Waals surface area contributed by atoms with Gasteiger partial charge in [0.2, 0.25) is 0 Å². The molecule has 0 aliphatic rings. The molecule has 0 fully saturated rings. The molecule has 0 N–H and O–H groups in total. The summed E-state index contributed by atoms with van der Waals surface area (Å²) in [4.78, 5) is 16.0. The number of hydrogen-bond acceptors (Lipinski definition) is 5. The molecule has 1 aromatic rings. The Morgan fingerprint density at radius 2 is 2.38 bits per heavy atom. The monoisotopic (exact) mass is 234 g/mol. The fraction of sp³-hybridized carbons (Fsp3) is 0.556. The van der Waals surface area contributed by atoms with E-state index >= 15 is 0 Å². The number of aromatic nitrogens is 1. The lowest BCUT2D eigenvalue weighted by molar-refractivity contribution is 0.0519. The first-order valence-corrected chi connectivity index (χ1v) is 4.66. The third-order valence-electron chi connectivity index (χ3n) is 1.72. The van der Waals surface area contributed by atoms with Crippen molar-refractivity contribution in [2.45, 2.75) is 13.3 Å². The lowest BCUT2D eigenvalue weighted by atomic mass is 10.5. The normalized spacial score (nSPS) is 10.6. The molecule has 0 aromatic carbocycles. The minimum Gasteiger partial charge on any atom is -0.461 e. The first kappa shape index (κ1) is 12.4. The Balaban J connectivity index is 2.67. The predicted octanol–water partition coefficient (Wildman–Crippen LogP) is 1.55. The summed E-state index contributed by atoms with van der Waals surface area (Å²) in [6, 6.07) is -0.0386. The van der Waals surface area contributed by atoms with Crippen LogP contribution < -0.4 is 4.90 Å². The van der Waals surface area contributed by atoms with Gasteiger partial charge in [0.05, 0.1) is 13.2 Å². The quantitative estimate of drug-likeness (QED) is 0.723. The lowest BCUT2D eigenvalue weighted by Gasteiger charge is -2.12. The van der Waals surface area contributed by atoms with Crippen molar-refractivity contribution < 1.29 is 22.7 Å². The van der Waals surface area contributed by atoms with Gasteiger partial charge in [0.15, 0.2) is 5.69 Å². The summed E-state index contributed by atoms with van der Waals surface area (Å²) in [6.45, 7) is 1.36. The molecule has 0 saturated heterocycles. The Morgan fingerprint density at radius 1 is 1.69 bits per heavy atom. The van der Waals surface area contributed by atoms with Crippen LogP contribution in [-0.2, 0) is 4.74 Å². The molecule has 0 saturated carbocycles. The van der Waals surface area contributed by atoms with Crippen molar-refractivity contribution >= 4 is 12.0 Å². The average Bonchev–Trinajstić information content (AvgIpc) is 2.65. The second-order valence-electron chi connectivity index (χ2n) is 3.01. The standard InChI is InChI=1S/C9H12F2N2O3/c1-3-15-8(14)6-5-16-9(12-6)13(2)4-7(10)11/h5,7H,3-4H2,1-2H3. The van der Waals surface area contributed by atoms with Gasteiger partial charge in [0.25, 0.3) is 12.4 Å². The fourth-order valence-electron chi connectivity index (χ4n) is 1.02. The third-order valence-corrected chi connectivity index (χ3v) is 1.72. The minimum atomic E-state index is -2.50. The highest BCUT2D eigenvalue weighted by Crippen LogP contribution is 2.13. The van der Waals surface area contributed by atoms with Gasteiger partial charge >= 0.3 is 5.97 Å². The van der Waals surface area contributed by atoms with Gasteiger partial charge in [0.1, 0.15) is 6.26 Å². The first-order valence-electron chi connectivity index (χ1n) is 4.66. The summed E-state index contributed by atoms with van der Waals surface area (Å²) in [5, 5.41) is 0. The molecule has 1 heterocycles. The van der Waals surface area contributed by atoms with Crippen molar-refractivity contribution in [3.8, 4) is 0 Å². The zero-order valence-electron chi connectivity index (χ0n) is 8.94. The highest BCUT2D eigenvalue weighted by atomic mass is 19.3. The predicted molar refractivity (Wildman–Crippen MR) is 51.7 cm³/mol. The van der Waals surface area contributed by atoms with Crippen LogP contribution in [0.2, 0.25) is 0 Å². The Hall–Kier alpha value is -1.66. The molecule has 5 nitrogen and oxygen atoms in total. The van der Waals surface area contributed by atoms with Gasteiger partial charge in [-0.25, -0.2) is 13.6 Å². The highest BCUT2D eigenvalue weighted by molar-refractivity contribution is 5.87. The molecule has 0 unspecified atom stereocenters. The van der Waals surface area contributed by atoms with Crippen LogP contribution in [0.1, 0.15) is 17.4 Å². The Bertz CT molecular complexity index is 354. The van der Waals surface area contributed by atoms with Gasteiger partial charge in [-0.3, -0.25) is 0 Å². The number of anilines is 1. The number of carbonyl (C=O) groups excluding carboxylic acids is 1. The summed E-state index contributed by atoms with van der Waals surface area (Å²) in [6.07, 6.45) is -1.42. The SMILES string of the molecule is CCOC(=O)c1coc(N(C)CC(F)F)n1. The van der Waals surface area contributed by atoms with E-state index in [4.69, 9.17) is 4.42 Å². The maximum absolute atomic E-state index is 12.1. The Kier molecular flexibility index (Phi) is 4.21. The van der Waals surface area contributed by atoms with E-state index in [1.807, 2.05) is 0 Å². The van der Waals surface area contributed by atoms with Crippen LogP contribution in [-0.4, -0.2) is 37.6 Å². The second-order valence-corrected chi connectivity index (χ2v) is 3.01. The van der Waals surface area contributed by atoms with Gasteiger partial charge in [-0.1, -0.05) is 0 Å². The van der Waals surface area contributed by atoms with Crippen LogP contribution in [0.3, 0.4) is 0 Å². The van der Waals surface area contributed by atoms with E-state index in [-0.39, 0.29) is 18.3 Å². The molecule has 0 aliphatic heterocycles. The van der Waals surface area contributed by atoms with Crippen LogP contribution in [0.4, 0.5) is 14.8 Å². The van der Waals surface area contributed by atoms with E-state index in [1.54, 1.807) is 6.92 Å². The van der Waals surface area contributed by atoms with E-state index < -0.39 is 18.9 Å². The summed E-state index contributed by atoms with van der Waals surface area (Å²) in [5.74, 6) is -0.636. The van der Waals surface area contributed by atoms with Gasteiger partial charge in [-0.2, -0.15) is 4.98 Å². The van der Waals surface area contributed by atoms with Crippen molar-refractivity contribution in [2.24, 2.45) is 0 Å². The molecule has 0 spiro atoms. The van der Waals surface area contributed by atoms with E-state index in [0.29, 0.717) is 0 Å². The number of carbonyl (C=O) groups is 1. The number of halogens is 2. The highest BCUT2D eigenvalue weighted by Gasteiger charge is 2.17. The second kappa shape index (κ2) is 5.43. The number of alkyl halides is 2. The third kappa shape index (κ3) is 3.18. The van der Waals surface area contributed by atoms with Gasteiger partial charge in [0, 0.05) is 7.05 Å². The van der Waals surface area contributed by atoms with Crippen molar-refractivity contribution in [1.29, 1.82) is 0 Å². The smallest absolute Gasteiger partial charge is 0.360 e. The number of hydrogen-bond donors (Lipinski definition) is 0. The van der Waals surface area contributed by atoms with Crippen molar-refractivity contribution in [1.82, 2.24) is 4.98 Å². The molecular formula is C9H12F2N2O3. The van der Waals surface area contributed by atoms with Crippen molar-refractivity contribution in [3.63, 3.8) is 0 Å². The maximum Gasteiger partial charge on any atom is 0.360 e. The largest absolute Gasteiger partial charge is 0.461 e. The number of oxazole rings is 1. The molecule has 0 radical (unpaired) electrons. The molecule has 1 aromatic heterocycles. The first-order chi connectivity index (χ1) is 7.54. The fourth-order valence-corrected chi connectivity index (χ4v) is 1.02. The van der Waals surface area contributed by atoms with E-state index in [9.17, 15) is 13.6 Å². The van der Waals surface area contributed by atoms with E-state index in [2.05, 4.69) is 9.72 Å². The summed E-state index contributed by atoms with van der Waals surface area (Å²) in [5.41, 5.74) is -0.0297. The summed E-state index contributed by atoms with van der Waals surface area (Å²) < 4.78 is 33.7. The molecule has 1 rings (SSSR count). The summed E-state index contributed by atoms with van der Waals surface area (Å²) in [7, 11) is 1.40. The van der Waals surface area contributed by atoms with E-state index in [0.717, 1.165) is 11.2 Å². The zero-order valence-corrected chi connectivity index (χ0v) is 8.94. The average molecular weight is 234 g/mol. The van der Waals surface area contributed by atoms with E-state index in [1.165, 1.54) is 7.05 Å². The van der Waals surface area contributed by atoms with Crippen LogP contribution in [0, 0.1) is 0 Å². The lowest BCUT2D eigenvalue weighted by Crippen LogP contribution is -2.24. The zero-order chi connectivity index (χ0) is 12.1. The molecular weight excluding hydrogens is 222 g/mol. The van der Waals surface area contributed by atoms with Crippen LogP contribution in [0.5, 0.6) is 0 Å². The van der Waals surface area contributed by atoms with Crippen molar-refractivity contribution in [3.05, 3.63) is 12.0 Å². The summed E-state index contributed by atoms with van der Waals surface area (Å²) >= 11 is 0. The van der Waals surface area contributed by atoms with Crippen LogP contribution in [0.15, 0.2) is 10.7 Å². The molecule has 7 heteroatoms. The van der Waals surface area contributed by atoms with Gasteiger partial charge < -0.3 is 14.1 Å². The number of nitrogens with zero attached hydrogens (tertiary/aromatic N) is 2. The van der Waals surface area contributed by atoms with Gasteiger partial charge in [-0.15, -0.1) is 0 Å². The van der Waals surface area contributed by atoms with Crippen LogP contribution >= 0.6 is 0 Å². The topological polar surface area (TPSA) is 55.6 Å². The number of rotatable bonds is 5. The molecule has 0 amide bonds. The molecule has 16 heavy (non-hydrogen) atoms. The molecule has 90 valence electrons. The maximum atomic E-state index is 12.1. The van der Waals surface area contributed by atoms with Crippen molar-refractivity contribution in [2.75, 3.05) is 25.1 Å². The Morgan fingerprint density at radius 3 is 2.94 bits per heavy atom. The minimum absolute atomic E-state index is 0.0297. The number of esters is 1. The number of ether oxygens (including phenoxy) is 1. The molecule has 0 bridgehead atoms. The Labute approximate surface area is 91.0 Å². The van der Waals surface area contributed by atoms with Gasteiger partial charge in [-0.05, 0) is 6.92 Å². The molecule has 0 aliphatic carbocycles. The molecule has 0 atom stereocenters.